The Kier molecular flexibility index (Phi) is 3.50. The lowest BCUT2D eigenvalue weighted by Gasteiger charge is -2.31. The van der Waals surface area contributed by atoms with Gasteiger partial charge in [0, 0.05) is 19.7 Å². The lowest BCUT2D eigenvalue weighted by atomic mass is 9.97. The molecule has 1 unspecified atom stereocenters. The molecular weight excluding hydrogens is 204 g/mol. The second-order valence-corrected chi connectivity index (χ2v) is 5.15. The number of ether oxygens (including phenoxy) is 1. The molecule has 0 bridgehead atoms. The first-order chi connectivity index (χ1) is 7.62. The van der Waals surface area contributed by atoms with E-state index in [0.29, 0.717) is 6.54 Å². The summed E-state index contributed by atoms with van der Waals surface area (Å²) >= 11 is 0. The van der Waals surface area contributed by atoms with Gasteiger partial charge in [0.25, 0.3) is 0 Å². The van der Waals surface area contributed by atoms with E-state index in [1.54, 1.807) is 0 Å². The monoisotopic (exact) mass is 226 g/mol. The maximum absolute atomic E-state index is 12.4. The Hall–Kier alpha value is -0.610. The predicted molar refractivity (Wildman–Crippen MR) is 62.0 cm³/mol. The zero-order chi connectivity index (χ0) is 11.6. The molecule has 2 aliphatic rings. The van der Waals surface area contributed by atoms with Crippen LogP contribution in [0.4, 0.5) is 0 Å². The van der Waals surface area contributed by atoms with Crippen molar-refractivity contribution in [3.8, 4) is 0 Å². The molecule has 1 aliphatic heterocycles. The summed E-state index contributed by atoms with van der Waals surface area (Å²) < 4.78 is 5.54. The molecule has 0 radical (unpaired) electrons. The van der Waals surface area contributed by atoms with Crippen molar-refractivity contribution in [2.45, 2.75) is 50.7 Å². The number of nitrogens with zero attached hydrogens (tertiary/aromatic N) is 1. The first-order valence-electron chi connectivity index (χ1n) is 6.32. The number of nitrogens with two attached hydrogens (primary N) is 1. The van der Waals surface area contributed by atoms with Gasteiger partial charge < -0.3 is 15.4 Å². The van der Waals surface area contributed by atoms with Crippen LogP contribution in [-0.4, -0.2) is 42.1 Å². The first-order valence-corrected chi connectivity index (χ1v) is 6.32. The summed E-state index contributed by atoms with van der Waals surface area (Å²) in [6.07, 6.45) is 4.92. The van der Waals surface area contributed by atoms with Crippen LogP contribution < -0.4 is 5.73 Å². The van der Waals surface area contributed by atoms with Crippen molar-refractivity contribution in [2.75, 3.05) is 19.7 Å². The van der Waals surface area contributed by atoms with E-state index >= 15 is 0 Å². The molecule has 1 amide bonds. The van der Waals surface area contributed by atoms with E-state index in [9.17, 15) is 4.79 Å². The minimum atomic E-state index is -0.579. The molecule has 0 aromatic carbocycles. The van der Waals surface area contributed by atoms with E-state index in [1.165, 1.54) is 0 Å². The molecule has 0 spiro atoms. The van der Waals surface area contributed by atoms with Crippen LogP contribution in [0.2, 0.25) is 0 Å². The second kappa shape index (κ2) is 4.72. The lowest BCUT2D eigenvalue weighted by Crippen LogP contribution is -2.54. The summed E-state index contributed by atoms with van der Waals surface area (Å²) in [5.74, 6) is 0.141. The van der Waals surface area contributed by atoms with E-state index in [1.807, 2.05) is 11.8 Å². The van der Waals surface area contributed by atoms with Gasteiger partial charge >= 0.3 is 0 Å². The zero-order valence-electron chi connectivity index (χ0n) is 10.1. The number of carbonyl (C=O) groups excluding carboxylic acids is 1. The zero-order valence-corrected chi connectivity index (χ0v) is 10.1. The minimum Gasteiger partial charge on any atom is -0.377 e. The van der Waals surface area contributed by atoms with E-state index in [0.717, 1.165) is 45.3 Å². The number of rotatable bonds is 1. The highest BCUT2D eigenvalue weighted by molar-refractivity contribution is 5.86. The molecule has 4 heteroatoms. The van der Waals surface area contributed by atoms with Crippen molar-refractivity contribution in [3.63, 3.8) is 0 Å². The minimum absolute atomic E-state index is 0.136. The Balaban J connectivity index is 2.02. The summed E-state index contributed by atoms with van der Waals surface area (Å²) in [6.45, 7) is 4.26. The van der Waals surface area contributed by atoms with Gasteiger partial charge in [-0.25, -0.2) is 0 Å². The first kappa shape index (κ1) is 11.9. The molecule has 2 rings (SSSR count). The summed E-state index contributed by atoms with van der Waals surface area (Å²) in [4.78, 5) is 14.3. The Bertz CT molecular complexity index is 262. The fraction of sp³-hybridized carbons (Fsp3) is 0.917. The lowest BCUT2D eigenvalue weighted by molar-refractivity contribution is -0.137. The van der Waals surface area contributed by atoms with Crippen LogP contribution in [0.5, 0.6) is 0 Å². The molecule has 0 aromatic heterocycles. The van der Waals surface area contributed by atoms with Crippen LogP contribution in [0.3, 0.4) is 0 Å². The normalized spacial score (nSPS) is 30.1. The molecule has 1 heterocycles. The average molecular weight is 226 g/mol. The van der Waals surface area contributed by atoms with Crippen LogP contribution in [0, 0.1) is 0 Å². The predicted octanol–water partition coefficient (Wildman–Crippen LogP) is 0.895. The van der Waals surface area contributed by atoms with Gasteiger partial charge in [0.05, 0.1) is 11.6 Å². The van der Waals surface area contributed by atoms with Crippen molar-refractivity contribution < 1.29 is 9.53 Å². The van der Waals surface area contributed by atoms with Gasteiger partial charge in [-0.1, -0.05) is 12.8 Å². The van der Waals surface area contributed by atoms with E-state index in [2.05, 4.69) is 0 Å². The molecule has 1 saturated heterocycles. The molecule has 1 aliphatic carbocycles. The summed E-state index contributed by atoms with van der Waals surface area (Å²) in [6, 6.07) is 0. The molecule has 2 N–H and O–H groups in total. The van der Waals surface area contributed by atoms with Crippen LogP contribution in [-0.2, 0) is 9.53 Å². The van der Waals surface area contributed by atoms with Crippen molar-refractivity contribution in [3.05, 3.63) is 0 Å². The highest BCUT2D eigenvalue weighted by atomic mass is 16.5. The van der Waals surface area contributed by atoms with Crippen molar-refractivity contribution in [2.24, 2.45) is 5.73 Å². The second-order valence-electron chi connectivity index (χ2n) is 5.15. The van der Waals surface area contributed by atoms with Gasteiger partial charge in [0.1, 0.15) is 0 Å². The highest BCUT2D eigenvalue weighted by Crippen LogP contribution is 2.29. The van der Waals surface area contributed by atoms with Crippen LogP contribution in [0.25, 0.3) is 0 Å². The Morgan fingerprint density at radius 1 is 1.38 bits per heavy atom. The SMILES string of the molecule is CC1CN(C(=O)C2(N)CCCC2)CCCO1. The number of amides is 1. The van der Waals surface area contributed by atoms with Gasteiger partial charge in [-0.3, -0.25) is 4.79 Å². The quantitative estimate of drug-likeness (QED) is 0.722. The Labute approximate surface area is 97.1 Å². The van der Waals surface area contributed by atoms with E-state index < -0.39 is 5.54 Å². The van der Waals surface area contributed by atoms with Gasteiger partial charge in [0.2, 0.25) is 5.91 Å². The topological polar surface area (TPSA) is 55.6 Å². The Morgan fingerprint density at radius 3 is 2.75 bits per heavy atom. The standard InChI is InChI=1S/C12H22N2O2/c1-10-9-14(7-4-8-16-10)11(15)12(13)5-2-3-6-12/h10H,2-9,13H2,1H3. The van der Waals surface area contributed by atoms with Gasteiger partial charge in [-0.15, -0.1) is 0 Å². The third kappa shape index (κ3) is 2.38. The van der Waals surface area contributed by atoms with E-state index in [4.69, 9.17) is 10.5 Å². The smallest absolute Gasteiger partial charge is 0.242 e. The summed E-state index contributed by atoms with van der Waals surface area (Å²) in [5.41, 5.74) is 5.62. The molecule has 4 nitrogen and oxygen atoms in total. The average Bonchev–Trinajstić information content (AvgIpc) is 2.58. The van der Waals surface area contributed by atoms with E-state index in [-0.39, 0.29) is 12.0 Å². The summed E-state index contributed by atoms with van der Waals surface area (Å²) in [5, 5.41) is 0. The summed E-state index contributed by atoms with van der Waals surface area (Å²) in [7, 11) is 0. The molecular formula is C12H22N2O2. The number of hydrogen-bond acceptors (Lipinski definition) is 3. The third-order valence-electron chi connectivity index (χ3n) is 3.66. The van der Waals surface area contributed by atoms with Crippen molar-refractivity contribution >= 4 is 5.91 Å². The van der Waals surface area contributed by atoms with Crippen molar-refractivity contribution in [1.29, 1.82) is 0 Å². The highest BCUT2D eigenvalue weighted by Gasteiger charge is 2.40. The van der Waals surface area contributed by atoms with Crippen LogP contribution >= 0.6 is 0 Å². The molecule has 2 fully saturated rings. The molecule has 1 atom stereocenters. The largest absolute Gasteiger partial charge is 0.377 e. The van der Waals surface area contributed by atoms with Crippen LogP contribution in [0.15, 0.2) is 0 Å². The Morgan fingerprint density at radius 2 is 2.06 bits per heavy atom. The van der Waals surface area contributed by atoms with Gasteiger partial charge in [-0.2, -0.15) is 0 Å². The molecule has 92 valence electrons. The maximum atomic E-state index is 12.4. The van der Waals surface area contributed by atoms with Gasteiger partial charge in [0.15, 0.2) is 0 Å². The molecule has 0 aromatic rings. The maximum Gasteiger partial charge on any atom is 0.242 e. The number of hydrogen-bond donors (Lipinski definition) is 1. The third-order valence-corrected chi connectivity index (χ3v) is 3.66. The fourth-order valence-electron chi connectivity index (χ4n) is 2.71. The van der Waals surface area contributed by atoms with Crippen LogP contribution in [0.1, 0.15) is 39.0 Å². The fourth-order valence-corrected chi connectivity index (χ4v) is 2.71. The molecule has 16 heavy (non-hydrogen) atoms. The van der Waals surface area contributed by atoms with Gasteiger partial charge in [-0.05, 0) is 26.2 Å². The number of carbonyl (C=O) groups is 1. The molecule has 1 saturated carbocycles. The van der Waals surface area contributed by atoms with Crippen molar-refractivity contribution in [1.82, 2.24) is 4.90 Å².